The molecular weight excluding hydrogens is 322 g/mol. The second-order valence-corrected chi connectivity index (χ2v) is 4.07. The highest BCUT2D eigenvalue weighted by molar-refractivity contribution is 5.67. The summed E-state index contributed by atoms with van der Waals surface area (Å²) in [5.41, 5.74) is -1.81. The summed E-state index contributed by atoms with van der Waals surface area (Å²) in [6.45, 7) is -2.52. The monoisotopic (exact) mass is 332 g/mol. The van der Waals surface area contributed by atoms with Crippen molar-refractivity contribution in [2.75, 3.05) is 13.2 Å². The van der Waals surface area contributed by atoms with Crippen molar-refractivity contribution in [2.24, 2.45) is 0 Å². The highest BCUT2D eigenvalue weighted by Gasteiger charge is 2.31. The number of alkyl carbamates (subject to hydrolysis) is 1. The van der Waals surface area contributed by atoms with Crippen LogP contribution in [0.3, 0.4) is 0 Å². The van der Waals surface area contributed by atoms with Gasteiger partial charge in [0, 0.05) is 25.4 Å². The number of nitrogens with one attached hydrogen (secondary N) is 1. The number of carbonyl (C=O) groups is 1. The minimum atomic E-state index is -4.69. The van der Waals surface area contributed by atoms with E-state index in [1.165, 1.54) is 0 Å². The number of aromatic nitrogens is 1. The Labute approximate surface area is 119 Å². The predicted molar refractivity (Wildman–Crippen MR) is 61.1 cm³/mol. The van der Waals surface area contributed by atoms with Gasteiger partial charge < -0.3 is 14.6 Å². The van der Waals surface area contributed by atoms with Crippen molar-refractivity contribution < 1.29 is 35.9 Å². The molecule has 0 spiro atoms. The largest absolute Gasteiger partial charge is 0.440 e. The third kappa shape index (κ3) is 6.06. The normalized spacial score (nSPS) is 12.1. The Morgan fingerprint density at radius 3 is 2.36 bits per heavy atom. The van der Waals surface area contributed by atoms with Crippen LogP contribution < -0.4 is 10.9 Å². The lowest BCUT2D eigenvalue weighted by molar-refractivity contribution is -0.160. The number of pyridine rings is 1. The van der Waals surface area contributed by atoms with Gasteiger partial charge in [-0.15, -0.1) is 0 Å². The molecule has 5 nitrogen and oxygen atoms in total. The molecule has 0 saturated carbocycles. The topological polar surface area (TPSA) is 60.3 Å². The van der Waals surface area contributed by atoms with Gasteiger partial charge in [0.25, 0.3) is 5.56 Å². The van der Waals surface area contributed by atoms with Gasteiger partial charge in [-0.1, -0.05) is 0 Å². The molecule has 0 radical (unpaired) electrons. The third-order valence-electron chi connectivity index (χ3n) is 2.30. The van der Waals surface area contributed by atoms with E-state index in [-0.39, 0.29) is 13.1 Å². The van der Waals surface area contributed by atoms with E-state index in [0.29, 0.717) is 22.9 Å². The number of alkyl halides is 6. The number of amides is 1. The number of nitrogens with zero attached hydrogens (tertiary/aromatic N) is 1. The molecule has 0 bridgehead atoms. The van der Waals surface area contributed by atoms with Crippen LogP contribution in [0.2, 0.25) is 0 Å². The van der Waals surface area contributed by atoms with Crippen LogP contribution in [-0.4, -0.2) is 30.0 Å². The molecule has 0 aliphatic rings. The zero-order valence-corrected chi connectivity index (χ0v) is 10.8. The number of rotatable bonds is 4. The summed E-state index contributed by atoms with van der Waals surface area (Å²) in [6.07, 6.45) is -10.2. The predicted octanol–water partition coefficient (Wildman–Crippen LogP) is 2.16. The van der Waals surface area contributed by atoms with E-state index in [0.717, 1.165) is 0 Å². The Kier molecular flexibility index (Phi) is 5.44. The minimum absolute atomic E-state index is 0.357. The lowest BCUT2D eigenvalue weighted by Crippen LogP contribution is -2.33. The maximum absolute atomic E-state index is 12.5. The zero-order chi connectivity index (χ0) is 17.0. The van der Waals surface area contributed by atoms with Crippen LogP contribution in [0.5, 0.6) is 0 Å². The van der Waals surface area contributed by atoms with Crippen molar-refractivity contribution in [3.63, 3.8) is 0 Å². The zero-order valence-electron chi connectivity index (χ0n) is 10.8. The van der Waals surface area contributed by atoms with Gasteiger partial charge in [0.1, 0.15) is 0 Å². The first-order chi connectivity index (χ1) is 9.99. The molecule has 1 rings (SSSR count). The summed E-state index contributed by atoms with van der Waals surface area (Å²) in [6, 6.07) is 1.30. The summed E-state index contributed by atoms with van der Waals surface area (Å²) >= 11 is 0. The fourth-order valence-corrected chi connectivity index (χ4v) is 1.35. The minimum Gasteiger partial charge on any atom is -0.440 e. The summed E-state index contributed by atoms with van der Waals surface area (Å²) < 4.78 is 77.1. The average Bonchev–Trinajstić information content (AvgIpc) is 2.36. The fraction of sp³-hybridized carbons (Fsp3) is 0.455. The average molecular weight is 332 g/mol. The van der Waals surface area contributed by atoms with Crippen LogP contribution in [0, 0.1) is 0 Å². The molecule has 0 aliphatic carbocycles. The Bertz CT molecular complexity index is 578. The van der Waals surface area contributed by atoms with E-state index in [1.54, 1.807) is 0 Å². The van der Waals surface area contributed by atoms with Crippen LogP contribution in [0.15, 0.2) is 23.1 Å². The van der Waals surface area contributed by atoms with E-state index in [9.17, 15) is 35.9 Å². The Balaban J connectivity index is 2.55. The van der Waals surface area contributed by atoms with E-state index in [2.05, 4.69) is 4.74 Å². The van der Waals surface area contributed by atoms with Gasteiger partial charge in [-0.3, -0.25) is 4.79 Å². The van der Waals surface area contributed by atoms with E-state index in [1.807, 2.05) is 5.32 Å². The Morgan fingerprint density at radius 1 is 1.18 bits per heavy atom. The fourth-order valence-electron chi connectivity index (χ4n) is 1.35. The lowest BCUT2D eigenvalue weighted by atomic mass is 10.3. The first-order valence-corrected chi connectivity index (χ1v) is 5.74. The SMILES string of the molecule is O=C(NCCn1cc(C(F)(F)F)ccc1=O)OCC(F)(F)F. The van der Waals surface area contributed by atoms with Crippen molar-refractivity contribution in [2.45, 2.75) is 18.9 Å². The molecule has 1 amide bonds. The van der Waals surface area contributed by atoms with Crippen molar-refractivity contribution in [3.8, 4) is 0 Å². The van der Waals surface area contributed by atoms with Crippen LogP contribution >= 0.6 is 0 Å². The molecule has 22 heavy (non-hydrogen) atoms. The van der Waals surface area contributed by atoms with Crippen LogP contribution in [0.25, 0.3) is 0 Å². The number of ether oxygens (including phenoxy) is 1. The van der Waals surface area contributed by atoms with Gasteiger partial charge in [-0.25, -0.2) is 4.79 Å². The molecule has 0 atom stereocenters. The number of hydrogen-bond donors (Lipinski definition) is 1. The van der Waals surface area contributed by atoms with Gasteiger partial charge in [-0.05, 0) is 6.07 Å². The molecule has 1 aromatic rings. The van der Waals surface area contributed by atoms with Crippen molar-refractivity contribution in [3.05, 3.63) is 34.2 Å². The Hall–Kier alpha value is -2.20. The molecule has 0 saturated heterocycles. The van der Waals surface area contributed by atoms with Crippen molar-refractivity contribution in [1.29, 1.82) is 0 Å². The van der Waals surface area contributed by atoms with Gasteiger partial charge in [0.15, 0.2) is 6.61 Å². The number of hydrogen-bond acceptors (Lipinski definition) is 3. The molecule has 0 fully saturated rings. The summed E-state index contributed by atoms with van der Waals surface area (Å²) in [5.74, 6) is 0. The molecule has 1 heterocycles. The lowest BCUT2D eigenvalue weighted by Gasteiger charge is -2.12. The molecule has 124 valence electrons. The molecule has 1 N–H and O–H groups in total. The maximum Gasteiger partial charge on any atom is 0.422 e. The van der Waals surface area contributed by atoms with Crippen molar-refractivity contribution >= 4 is 6.09 Å². The smallest absolute Gasteiger partial charge is 0.422 e. The van der Waals surface area contributed by atoms with Gasteiger partial charge in [0.2, 0.25) is 0 Å². The molecule has 0 aliphatic heterocycles. The van der Waals surface area contributed by atoms with Crippen LogP contribution in [0.4, 0.5) is 31.1 Å². The summed E-state index contributed by atoms with van der Waals surface area (Å²) in [5, 5.41) is 1.89. The Morgan fingerprint density at radius 2 is 1.82 bits per heavy atom. The molecule has 0 unspecified atom stereocenters. The van der Waals surface area contributed by atoms with Gasteiger partial charge >= 0.3 is 18.4 Å². The van der Waals surface area contributed by atoms with Crippen LogP contribution in [0.1, 0.15) is 5.56 Å². The third-order valence-corrected chi connectivity index (χ3v) is 2.30. The molecule has 0 aromatic carbocycles. The second-order valence-electron chi connectivity index (χ2n) is 4.07. The van der Waals surface area contributed by atoms with Gasteiger partial charge in [0.05, 0.1) is 5.56 Å². The highest BCUT2D eigenvalue weighted by Crippen LogP contribution is 2.27. The van der Waals surface area contributed by atoms with E-state index < -0.39 is 36.2 Å². The van der Waals surface area contributed by atoms with Crippen molar-refractivity contribution in [1.82, 2.24) is 9.88 Å². The van der Waals surface area contributed by atoms with E-state index in [4.69, 9.17) is 0 Å². The molecule has 11 heteroatoms. The molecule has 1 aromatic heterocycles. The quantitative estimate of drug-likeness (QED) is 0.860. The molecular formula is C11H10F6N2O3. The first-order valence-electron chi connectivity index (χ1n) is 5.74. The second kappa shape index (κ2) is 6.71. The number of halogens is 6. The highest BCUT2D eigenvalue weighted by atomic mass is 19.4. The summed E-state index contributed by atoms with van der Waals surface area (Å²) in [4.78, 5) is 22.2. The standard InChI is InChI=1S/C11H10F6N2O3/c12-10(13,14)6-22-9(21)18-3-4-19-5-7(11(15,16)17)1-2-8(19)20/h1-2,5H,3-4,6H2,(H,18,21). The van der Waals surface area contributed by atoms with E-state index >= 15 is 0 Å². The van der Waals surface area contributed by atoms with Gasteiger partial charge in [-0.2, -0.15) is 26.3 Å². The van der Waals surface area contributed by atoms with Crippen LogP contribution in [-0.2, 0) is 17.5 Å². The summed E-state index contributed by atoms with van der Waals surface area (Å²) in [7, 11) is 0. The first kappa shape index (κ1) is 17.9. The number of carbonyl (C=O) groups excluding carboxylic acids is 1. The maximum atomic E-state index is 12.5.